The lowest BCUT2D eigenvalue weighted by Gasteiger charge is -2.39. The highest BCUT2D eigenvalue weighted by atomic mass is 15.2. The predicted molar refractivity (Wildman–Crippen MR) is 113 cm³/mol. The smallest absolute Gasteiger partial charge is 0.141 e. The molecule has 2 heteroatoms. The van der Waals surface area contributed by atoms with Crippen LogP contribution in [-0.4, -0.2) is 4.98 Å². The van der Waals surface area contributed by atoms with Gasteiger partial charge in [0.1, 0.15) is 5.82 Å². The summed E-state index contributed by atoms with van der Waals surface area (Å²) in [6.07, 6.45) is 4.93. The van der Waals surface area contributed by atoms with Crippen molar-refractivity contribution in [3.05, 3.63) is 106 Å². The summed E-state index contributed by atoms with van der Waals surface area (Å²) < 4.78 is 0. The Morgan fingerprint density at radius 2 is 1.43 bits per heavy atom. The minimum absolute atomic E-state index is 0.974. The molecule has 2 aliphatic heterocycles. The van der Waals surface area contributed by atoms with Crippen molar-refractivity contribution < 1.29 is 0 Å². The average Bonchev–Trinajstić information content (AvgIpc) is 3.12. The summed E-state index contributed by atoms with van der Waals surface area (Å²) in [7, 11) is 0. The van der Waals surface area contributed by atoms with Crippen LogP contribution in [-0.2, 0) is 19.3 Å². The second-order valence-corrected chi connectivity index (χ2v) is 8.03. The van der Waals surface area contributed by atoms with Crippen LogP contribution in [0.25, 0.3) is 11.1 Å². The molecule has 0 fully saturated rings. The van der Waals surface area contributed by atoms with Gasteiger partial charge in [0.05, 0.1) is 11.4 Å². The molecule has 0 amide bonds. The van der Waals surface area contributed by atoms with E-state index in [9.17, 15) is 0 Å². The minimum atomic E-state index is 0.974. The molecule has 7 rings (SSSR count). The second kappa shape index (κ2) is 5.11. The van der Waals surface area contributed by atoms with Crippen molar-refractivity contribution in [1.29, 1.82) is 0 Å². The molecule has 3 heterocycles. The van der Waals surface area contributed by atoms with Crippen molar-refractivity contribution in [3.8, 4) is 11.1 Å². The highest BCUT2D eigenvalue weighted by molar-refractivity contribution is 5.92. The van der Waals surface area contributed by atoms with Gasteiger partial charge in [0.2, 0.25) is 0 Å². The standard InChI is InChI=1S/C26H18N2/c1-3-9-20-16(6-1)13-22-21(20)15-19-12-17-7-2-4-10-24(17)28-25(19)23(22)14-18-8-5-11-27-26(18)28/h1-11,15H,12-14H2. The summed E-state index contributed by atoms with van der Waals surface area (Å²) in [5.74, 6) is 1.10. The van der Waals surface area contributed by atoms with Gasteiger partial charge < -0.3 is 0 Å². The first-order valence-electron chi connectivity index (χ1n) is 9.96. The third-order valence-corrected chi connectivity index (χ3v) is 6.56. The van der Waals surface area contributed by atoms with Crippen molar-refractivity contribution in [2.24, 2.45) is 0 Å². The van der Waals surface area contributed by atoms with Crippen LogP contribution in [0, 0.1) is 0 Å². The lowest BCUT2D eigenvalue weighted by atomic mass is 9.83. The molecule has 3 aliphatic rings. The summed E-state index contributed by atoms with van der Waals surface area (Å²) in [5.41, 5.74) is 14.1. The molecule has 0 N–H and O–H groups in total. The van der Waals surface area contributed by atoms with E-state index in [1.807, 2.05) is 6.20 Å². The Morgan fingerprint density at radius 3 is 2.39 bits per heavy atom. The van der Waals surface area contributed by atoms with Crippen molar-refractivity contribution in [1.82, 2.24) is 4.98 Å². The molecule has 4 aromatic rings. The molecule has 0 spiro atoms. The number of rotatable bonds is 0. The summed E-state index contributed by atoms with van der Waals surface area (Å²) >= 11 is 0. The van der Waals surface area contributed by atoms with E-state index < -0.39 is 0 Å². The average molecular weight is 358 g/mol. The van der Waals surface area contributed by atoms with E-state index in [0.717, 1.165) is 25.1 Å². The van der Waals surface area contributed by atoms with Crippen LogP contribution >= 0.6 is 0 Å². The molecule has 1 aromatic heterocycles. The monoisotopic (exact) mass is 358 g/mol. The van der Waals surface area contributed by atoms with Crippen LogP contribution in [0.2, 0.25) is 0 Å². The number of para-hydroxylation sites is 1. The first kappa shape index (κ1) is 14.6. The van der Waals surface area contributed by atoms with Gasteiger partial charge in [-0.1, -0.05) is 48.5 Å². The normalized spacial score (nSPS) is 14.6. The summed E-state index contributed by atoms with van der Waals surface area (Å²) in [6.45, 7) is 0. The molecule has 1 aliphatic carbocycles. The number of nitrogens with zero attached hydrogens (tertiary/aromatic N) is 2. The van der Waals surface area contributed by atoms with Crippen molar-refractivity contribution in [2.75, 3.05) is 4.90 Å². The predicted octanol–water partition coefficient (Wildman–Crippen LogP) is 5.93. The number of benzene rings is 3. The van der Waals surface area contributed by atoms with E-state index in [1.165, 1.54) is 55.9 Å². The molecule has 132 valence electrons. The Balaban J connectivity index is 1.58. The Hall–Kier alpha value is -3.39. The molecule has 0 saturated heterocycles. The molecule has 0 bridgehead atoms. The van der Waals surface area contributed by atoms with Crippen LogP contribution in [0.4, 0.5) is 17.2 Å². The van der Waals surface area contributed by atoms with Gasteiger partial charge in [0.25, 0.3) is 0 Å². The molecular weight excluding hydrogens is 340 g/mol. The Morgan fingerprint density at radius 1 is 0.643 bits per heavy atom. The Bertz CT molecular complexity index is 1290. The molecule has 0 unspecified atom stereocenters. The zero-order valence-corrected chi connectivity index (χ0v) is 15.4. The third-order valence-electron chi connectivity index (χ3n) is 6.56. The third kappa shape index (κ3) is 1.75. The van der Waals surface area contributed by atoms with Crippen LogP contribution in [0.5, 0.6) is 0 Å². The van der Waals surface area contributed by atoms with E-state index in [-0.39, 0.29) is 0 Å². The van der Waals surface area contributed by atoms with Gasteiger partial charge in [0, 0.05) is 19.0 Å². The van der Waals surface area contributed by atoms with Gasteiger partial charge >= 0.3 is 0 Å². The fourth-order valence-electron chi connectivity index (χ4n) is 5.39. The minimum Gasteiger partial charge on any atom is -0.294 e. The Labute approximate surface area is 164 Å². The van der Waals surface area contributed by atoms with Gasteiger partial charge in [-0.15, -0.1) is 0 Å². The Kier molecular flexibility index (Phi) is 2.67. The molecule has 28 heavy (non-hydrogen) atoms. The lowest BCUT2D eigenvalue weighted by Crippen LogP contribution is -2.26. The van der Waals surface area contributed by atoms with E-state index >= 15 is 0 Å². The van der Waals surface area contributed by atoms with Crippen LogP contribution < -0.4 is 4.90 Å². The molecule has 3 aromatic carbocycles. The molecular formula is C26H18N2. The van der Waals surface area contributed by atoms with Crippen molar-refractivity contribution in [3.63, 3.8) is 0 Å². The summed E-state index contributed by atoms with van der Waals surface area (Å²) in [6, 6.07) is 24.5. The van der Waals surface area contributed by atoms with Gasteiger partial charge in [-0.3, -0.25) is 4.90 Å². The van der Waals surface area contributed by atoms with Crippen molar-refractivity contribution >= 4 is 17.2 Å². The fourth-order valence-corrected chi connectivity index (χ4v) is 5.39. The number of hydrogen-bond acceptors (Lipinski definition) is 2. The van der Waals surface area contributed by atoms with Crippen LogP contribution in [0.3, 0.4) is 0 Å². The summed E-state index contributed by atoms with van der Waals surface area (Å²) in [4.78, 5) is 7.23. The van der Waals surface area contributed by atoms with Gasteiger partial charge in [0.15, 0.2) is 0 Å². The van der Waals surface area contributed by atoms with Crippen LogP contribution in [0.15, 0.2) is 72.9 Å². The van der Waals surface area contributed by atoms with E-state index in [0.29, 0.717) is 0 Å². The topological polar surface area (TPSA) is 16.1 Å². The second-order valence-electron chi connectivity index (χ2n) is 8.03. The van der Waals surface area contributed by atoms with Gasteiger partial charge in [-0.05, 0) is 69.1 Å². The maximum Gasteiger partial charge on any atom is 0.141 e. The van der Waals surface area contributed by atoms with E-state index in [1.54, 1.807) is 0 Å². The quantitative estimate of drug-likeness (QED) is 0.334. The SMILES string of the molecule is c1ccc2c(c1)Cc1c-2cc2c3c1Cc1cccnc1N3c1ccccc1C2. The number of pyridine rings is 1. The van der Waals surface area contributed by atoms with Gasteiger partial charge in [-0.2, -0.15) is 0 Å². The first-order chi connectivity index (χ1) is 13.9. The maximum absolute atomic E-state index is 4.80. The zero-order chi connectivity index (χ0) is 18.2. The molecule has 0 radical (unpaired) electrons. The van der Waals surface area contributed by atoms with E-state index in [2.05, 4.69) is 71.6 Å². The van der Waals surface area contributed by atoms with Crippen LogP contribution in [0.1, 0.15) is 33.4 Å². The zero-order valence-electron chi connectivity index (χ0n) is 15.4. The number of anilines is 3. The highest BCUT2D eigenvalue weighted by Crippen LogP contribution is 2.53. The molecule has 0 saturated carbocycles. The molecule has 0 atom stereocenters. The van der Waals surface area contributed by atoms with Gasteiger partial charge in [-0.25, -0.2) is 4.98 Å². The largest absolute Gasteiger partial charge is 0.294 e. The number of hydrogen-bond donors (Lipinski definition) is 0. The number of fused-ring (bicyclic) bond motifs is 8. The van der Waals surface area contributed by atoms with E-state index in [4.69, 9.17) is 4.98 Å². The first-order valence-corrected chi connectivity index (χ1v) is 9.96. The summed E-state index contributed by atoms with van der Waals surface area (Å²) in [5, 5.41) is 0. The van der Waals surface area contributed by atoms with Crippen molar-refractivity contribution in [2.45, 2.75) is 19.3 Å². The molecule has 2 nitrogen and oxygen atoms in total. The fraction of sp³-hybridized carbons (Fsp3) is 0.115. The lowest BCUT2D eigenvalue weighted by molar-refractivity contribution is 0.968. The maximum atomic E-state index is 4.80. The number of aromatic nitrogens is 1. The highest BCUT2D eigenvalue weighted by Gasteiger charge is 2.36.